The third kappa shape index (κ3) is 6.33. The summed E-state index contributed by atoms with van der Waals surface area (Å²) in [5.41, 5.74) is 10.3. The molecule has 1 aliphatic carbocycles. The van der Waals surface area contributed by atoms with Crippen molar-refractivity contribution in [1.82, 2.24) is 15.6 Å². The fraction of sp³-hybridized carbons (Fsp3) is 0.469. The number of anilines is 1. The average Bonchev–Trinajstić information content (AvgIpc) is 3.72. The normalized spacial score (nSPS) is 22.8. The van der Waals surface area contributed by atoms with Gasteiger partial charge in [-0.15, -0.1) is 0 Å². The van der Waals surface area contributed by atoms with Gasteiger partial charge in [-0.25, -0.2) is 9.78 Å². The number of ketones is 2. The number of nitrogens with two attached hydrogens (primary N) is 2. The smallest absolute Gasteiger partial charge is 0.350 e. The predicted octanol–water partition coefficient (Wildman–Crippen LogP) is 3.12. The number of unbranched alkanes of at least 4 members (excludes halogenated alkanes) is 1. The number of nitrogens with zero attached hydrogens (tertiary/aromatic N) is 2. The van der Waals surface area contributed by atoms with Crippen molar-refractivity contribution >= 4 is 29.3 Å². The molecule has 4 atom stereocenters. The fourth-order valence-electron chi connectivity index (χ4n) is 5.76. The average molecular weight is 591 g/mol. The molecule has 0 bridgehead atoms. The minimum Gasteiger partial charge on any atom is -0.463 e. The quantitative estimate of drug-likeness (QED) is 0.0639. The molecule has 230 valence electrons. The van der Waals surface area contributed by atoms with E-state index in [1.165, 1.54) is 0 Å². The van der Waals surface area contributed by atoms with Crippen molar-refractivity contribution in [3.63, 3.8) is 0 Å². The van der Waals surface area contributed by atoms with Crippen LogP contribution in [0, 0.1) is 5.92 Å². The molecule has 4 unspecified atom stereocenters. The fourth-order valence-corrected chi connectivity index (χ4v) is 5.76. The van der Waals surface area contributed by atoms with E-state index in [2.05, 4.69) is 27.5 Å². The molecule has 0 spiro atoms. The molecule has 2 aromatic rings. The second kappa shape index (κ2) is 13.5. The zero-order chi connectivity index (χ0) is 31.2. The number of aliphatic imine (C=N–C) groups is 1. The van der Waals surface area contributed by atoms with E-state index in [-0.39, 0.29) is 42.1 Å². The summed E-state index contributed by atoms with van der Waals surface area (Å²) in [7, 11) is 3.43. The molecule has 0 radical (unpaired) electrons. The Morgan fingerprint density at radius 1 is 1.21 bits per heavy atom. The van der Waals surface area contributed by atoms with Gasteiger partial charge < -0.3 is 31.6 Å². The van der Waals surface area contributed by atoms with Gasteiger partial charge in [-0.05, 0) is 44.5 Å². The summed E-state index contributed by atoms with van der Waals surface area (Å²) in [6.45, 7) is 4.79. The minimum absolute atomic E-state index is 0.0190. The number of hydrogen-bond donors (Lipinski definition) is 4. The molecule has 0 amide bonds. The molecule has 4 rings (SSSR count). The Hall–Kier alpha value is -4.09. The van der Waals surface area contributed by atoms with Gasteiger partial charge in [0.15, 0.2) is 17.3 Å². The number of carbonyl (C=O) groups is 3. The number of carbonyl (C=O) groups excluding carboxylic acids is 3. The Labute approximate surface area is 252 Å². The predicted molar refractivity (Wildman–Crippen MR) is 165 cm³/mol. The van der Waals surface area contributed by atoms with Crippen LogP contribution in [0.1, 0.15) is 78.3 Å². The molecule has 1 fully saturated rings. The van der Waals surface area contributed by atoms with E-state index < -0.39 is 28.7 Å². The van der Waals surface area contributed by atoms with Crippen molar-refractivity contribution < 1.29 is 23.9 Å². The molecular formula is C32H42N6O5. The maximum Gasteiger partial charge on any atom is 0.350 e. The Bertz CT molecular complexity index is 1420. The van der Waals surface area contributed by atoms with Crippen LogP contribution in [-0.4, -0.2) is 66.9 Å². The van der Waals surface area contributed by atoms with Crippen molar-refractivity contribution in [2.75, 3.05) is 33.0 Å². The Balaban J connectivity index is 1.61. The lowest BCUT2D eigenvalue weighted by Crippen LogP contribution is -2.50. The lowest BCUT2D eigenvalue weighted by molar-refractivity contribution is -0.149. The Kier molecular flexibility index (Phi) is 9.98. The zero-order valence-electron chi connectivity index (χ0n) is 25.3. The third-order valence-corrected chi connectivity index (χ3v) is 8.19. The first-order valence-corrected chi connectivity index (χ1v) is 14.7. The van der Waals surface area contributed by atoms with Gasteiger partial charge in [0.1, 0.15) is 5.82 Å². The van der Waals surface area contributed by atoms with Crippen molar-refractivity contribution in [2.24, 2.45) is 16.6 Å². The van der Waals surface area contributed by atoms with Gasteiger partial charge in [0.25, 0.3) is 5.60 Å². The number of nitrogens with one attached hydrogen (secondary N) is 2. The van der Waals surface area contributed by atoms with Gasteiger partial charge in [-0.3, -0.25) is 14.6 Å². The number of guanidine groups is 1. The van der Waals surface area contributed by atoms with E-state index in [1.807, 2.05) is 26.1 Å². The second-order valence-corrected chi connectivity index (χ2v) is 11.3. The first kappa shape index (κ1) is 31.8. The molecular weight excluding hydrogens is 548 g/mol. The summed E-state index contributed by atoms with van der Waals surface area (Å²) in [5.74, 6) is -1.07. The van der Waals surface area contributed by atoms with E-state index in [0.717, 1.165) is 30.4 Å². The molecule has 11 nitrogen and oxygen atoms in total. The van der Waals surface area contributed by atoms with Crippen LogP contribution in [0.15, 0.2) is 59.2 Å². The number of Topliss-reactive ketones (excluding diaryl/α,β-unsaturated/α-hetero) is 2. The molecule has 2 aliphatic rings. The summed E-state index contributed by atoms with van der Waals surface area (Å²) >= 11 is 0. The SMILES string of the molecule is CCCCC(CNC)COC(=O)C12OC1(CC=C(C)CC(NC(N)=NC)c1ccnc(N)c1)C(=O)c1ccccc1C2=O. The van der Waals surface area contributed by atoms with Gasteiger partial charge >= 0.3 is 5.97 Å². The van der Waals surface area contributed by atoms with Crippen molar-refractivity contribution in [3.05, 3.63) is 70.9 Å². The number of rotatable bonds is 14. The van der Waals surface area contributed by atoms with Crippen LogP contribution in [0.25, 0.3) is 0 Å². The topological polar surface area (TPSA) is 174 Å². The van der Waals surface area contributed by atoms with Crippen molar-refractivity contribution in [3.8, 4) is 0 Å². The largest absolute Gasteiger partial charge is 0.463 e. The lowest BCUT2D eigenvalue weighted by atomic mass is 9.72. The zero-order valence-corrected chi connectivity index (χ0v) is 25.3. The molecule has 1 aromatic carbocycles. The molecule has 11 heteroatoms. The Morgan fingerprint density at radius 2 is 1.93 bits per heavy atom. The standard InChI is InChI=1S/C32H42N6O5/c1-5-6-9-21(18-35-3)19-42-29(41)32-28(40)24-11-8-7-10-23(24)27(39)31(32,43-32)14-12-20(2)16-25(38-30(34)36-4)22-13-15-37-26(33)17-22/h7-8,10-13,15,17,21,25,35H,5-6,9,14,16,18-19H2,1-4H3,(H2,33,37)(H3,34,36,38). The van der Waals surface area contributed by atoms with E-state index in [4.69, 9.17) is 20.9 Å². The minimum atomic E-state index is -2.01. The highest BCUT2D eigenvalue weighted by Gasteiger charge is 2.85. The van der Waals surface area contributed by atoms with Crippen LogP contribution in [0.3, 0.4) is 0 Å². The number of ether oxygens (including phenoxy) is 2. The van der Waals surface area contributed by atoms with Crippen molar-refractivity contribution in [1.29, 1.82) is 0 Å². The van der Waals surface area contributed by atoms with Gasteiger partial charge in [0, 0.05) is 43.3 Å². The maximum absolute atomic E-state index is 13.9. The molecule has 6 N–H and O–H groups in total. The van der Waals surface area contributed by atoms with E-state index >= 15 is 0 Å². The second-order valence-electron chi connectivity index (χ2n) is 11.3. The summed E-state index contributed by atoms with van der Waals surface area (Å²) in [4.78, 5) is 49.5. The highest BCUT2D eigenvalue weighted by molar-refractivity contribution is 6.32. The third-order valence-electron chi connectivity index (χ3n) is 8.19. The van der Waals surface area contributed by atoms with Crippen LogP contribution in [-0.2, 0) is 14.3 Å². The van der Waals surface area contributed by atoms with E-state index in [9.17, 15) is 14.4 Å². The molecule has 1 saturated heterocycles. The number of aromatic nitrogens is 1. The number of epoxide rings is 1. The highest BCUT2D eigenvalue weighted by atomic mass is 16.7. The highest BCUT2D eigenvalue weighted by Crippen LogP contribution is 2.58. The summed E-state index contributed by atoms with van der Waals surface area (Å²) in [6.07, 6.45) is 6.80. The number of benzene rings is 1. The maximum atomic E-state index is 13.9. The number of pyridine rings is 1. The van der Waals surface area contributed by atoms with Crippen molar-refractivity contribution in [2.45, 2.75) is 63.2 Å². The van der Waals surface area contributed by atoms with Crippen LogP contribution in [0.2, 0.25) is 0 Å². The van der Waals surface area contributed by atoms with Gasteiger partial charge in [0.2, 0.25) is 5.78 Å². The summed E-state index contributed by atoms with van der Waals surface area (Å²) in [6, 6.07) is 9.79. The molecule has 43 heavy (non-hydrogen) atoms. The molecule has 1 aliphatic heterocycles. The van der Waals surface area contributed by atoms with Gasteiger partial charge in [-0.1, -0.05) is 55.7 Å². The first-order valence-electron chi connectivity index (χ1n) is 14.7. The monoisotopic (exact) mass is 590 g/mol. The molecule has 1 aromatic heterocycles. The molecule has 0 saturated carbocycles. The van der Waals surface area contributed by atoms with Crippen LogP contribution >= 0.6 is 0 Å². The number of hydrogen-bond acceptors (Lipinski definition) is 9. The van der Waals surface area contributed by atoms with Gasteiger partial charge in [-0.2, -0.15) is 0 Å². The van der Waals surface area contributed by atoms with Crippen LogP contribution in [0.5, 0.6) is 0 Å². The Morgan fingerprint density at radius 3 is 2.58 bits per heavy atom. The molecule has 2 heterocycles. The first-order chi connectivity index (χ1) is 20.6. The summed E-state index contributed by atoms with van der Waals surface area (Å²) in [5, 5.41) is 6.31. The summed E-state index contributed by atoms with van der Waals surface area (Å²) < 4.78 is 11.8. The number of nitrogen functional groups attached to an aromatic ring is 1. The number of esters is 1. The van der Waals surface area contributed by atoms with E-state index in [1.54, 1.807) is 43.6 Å². The van der Waals surface area contributed by atoms with E-state index in [0.29, 0.717) is 18.8 Å². The van der Waals surface area contributed by atoms with Gasteiger partial charge in [0.05, 0.1) is 12.6 Å². The lowest BCUT2D eigenvalue weighted by Gasteiger charge is -2.25. The van der Waals surface area contributed by atoms with Crippen LogP contribution in [0.4, 0.5) is 5.82 Å². The number of fused-ring (bicyclic) bond motifs is 2. The van der Waals surface area contributed by atoms with Crippen LogP contribution < -0.4 is 22.1 Å².